The van der Waals surface area contributed by atoms with Crippen LogP contribution in [-0.4, -0.2) is 36.9 Å². The Morgan fingerprint density at radius 1 is 0.760 bits per heavy atom. The molecule has 5 aromatic carbocycles. The molecule has 0 radical (unpaired) electrons. The van der Waals surface area contributed by atoms with Gasteiger partial charge in [-0.2, -0.15) is 5.10 Å². The van der Waals surface area contributed by atoms with Gasteiger partial charge in [0, 0.05) is 23.3 Å². The van der Waals surface area contributed by atoms with E-state index in [2.05, 4.69) is 97.7 Å². The van der Waals surface area contributed by atoms with Crippen molar-refractivity contribution in [1.29, 1.82) is 0 Å². The topological polar surface area (TPSA) is 106 Å². The summed E-state index contributed by atoms with van der Waals surface area (Å²) in [4.78, 5) is 37.5. The van der Waals surface area contributed by atoms with Gasteiger partial charge in [-0.3, -0.25) is 14.5 Å². The third-order valence-electron chi connectivity index (χ3n) is 9.29. The SMILES string of the molecule is O=C[C@@H](NC(=O)c1nc2cc3c(-c4ccncc4)nn(CC(c4ccccc4)(c4ccccc4)c4ccccc4)c3cc2[nH]1)c1ccccc1. The summed E-state index contributed by atoms with van der Waals surface area (Å²) in [5.41, 5.74) is 7.36. The van der Waals surface area contributed by atoms with Crippen molar-refractivity contribution in [2.75, 3.05) is 0 Å². The second-order valence-corrected chi connectivity index (χ2v) is 12.2. The summed E-state index contributed by atoms with van der Waals surface area (Å²) in [6.07, 6.45) is 4.24. The third kappa shape index (κ3) is 5.52. The van der Waals surface area contributed by atoms with Crippen molar-refractivity contribution in [3.8, 4) is 11.3 Å². The first kappa shape index (κ1) is 30.7. The molecule has 0 aliphatic rings. The van der Waals surface area contributed by atoms with E-state index in [0.717, 1.165) is 45.1 Å². The number of hydrogen-bond acceptors (Lipinski definition) is 5. The van der Waals surface area contributed by atoms with Gasteiger partial charge in [-0.25, -0.2) is 4.98 Å². The molecule has 0 saturated carbocycles. The van der Waals surface area contributed by atoms with Crippen LogP contribution in [0.5, 0.6) is 0 Å². The molecule has 0 aliphatic heterocycles. The van der Waals surface area contributed by atoms with E-state index < -0.39 is 17.4 Å². The fraction of sp³-hybridized carbons (Fsp3) is 0.0714. The Bertz CT molecular complexity index is 2310. The lowest BCUT2D eigenvalue weighted by Gasteiger charge is -2.36. The maximum absolute atomic E-state index is 13.4. The number of nitrogens with zero attached hydrogens (tertiary/aromatic N) is 4. The molecule has 1 atom stereocenters. The number of carbonyl (C=O) groups is 2. The first-order chi connectivity index (χ1) is 24.6. The molecule has 3 aromatic heterocycles. The molecule has 1 amide bonds. The number of aldehydes is 1. The van der Waals surface area contributed by atoms with Gasteiger partial charge in [0.25, 0.3) is 5.91 Å². The lowest BCUT2D eigenvalue weighted by Crippen LogP contribution is -2.35. The monoisotopic (exact) mass is 652 g/mol. The summed E-state index contributed by atoms with van der Waals surface area (Å²) in [6, 6.07) is 47.8. The van der Waals surface area contributed by atoms with Gasteiger partial charge in [0.15, 0.2) is 5.82 Å². The molecule has 0 saturated heterocycles. The Balaban J connectivity index is 1.30. The van der Waals surface area contributed by atoms with Crippen LogP contribution in [0.15, 0.2) is 158 Å². The number of nitrogens with one attached hydrogen (secondary N) is 2. The fourth-order valence-corrected chi connectivity index (χ4v) is 6.86. The van der Waals surface area contributed by atoms with Gasteiger partial charge < -0.3 is 15.1 Å². The van der Waals surface area contributed by atoms with Crippen molar-refractivity contribution in [2.45, 2.75) is 18.0 Å². The molecule has 0 fully saturated rings. The van der Waals surface area contributed by atoms with Crippen LogP contribution in [0.25, 0.3) is 33.2 Å². The van der Waals surface area contributed by atoms with E-state index >= 15 is 0 Å². The predicted octanol–water partition coefficient (Wildman–Crippen LogP) is 7.68. The lowest BCUT2D eigenvalue weighted by atomic mass is 9.69. The number of carbonyl (C=O) groups excluding carboxylic acids is 2. The summed E-state index contributed by atoms with van der Waals surface area (Å²) in [6.45, 7) is 0.484. The van der Waals surface area contributed by atoms with Crippen molar-refractivity contribution in [2.24, 2.45) is 0 Å². The zero-order valence-electron chi connectivity index (χ0n) is 27.0. The van der Waals surface area contributed by atoms with E-state index in [-0.39, 0.29) is 5.82 Å². The average Bonchev–Trinajstić information content (AvgIpc) is 3.77. The highest BCUT2D eigenvalue weighted by atomic mass is 16.2. The van der Waals surface area contributed by atoms with Crippen LogP contribution < -0.4 is 5.32 Å². The molecular formula is C42H32N6O2. The first-order valence-electron chi connectivity index (χ1n) is 16.4. The minimum Gasteiger partial charge on any atom is -0.336 e. The number of hydrogen-bond donors (Lipinski definition) is 2. The Hall–Kier alpha value is -6.67. The molecule has 3 heterocycles. The Morgan fingerprint density at radius 3 is 1.88 bits per heavy atom. The number of fused-ring (bicyclic) bond motifs is 2. The van der Waals surface area contributed by atoms with Crippen LogP contribution in [-0.2, 0) is 16.8 Å². The highest BCUT2D eigenvalue weighted by Gasteiger charge is 2.38. The Morgan fingerprint density at radius 2 is 1.32 bits per heavy atom. The molecule has 8 rings (SSSR count). The highest BCUT2D eigenvalue weighted by Crippen LogP contribution is 2.42. The summed E-state index contributed by atoms with van der Waals surface area (Å²) in [5, 5.41) is 8.99. The number of rotatable bonds is 10. The minimum absolute atomic E-state index is 0.118. The number of aromatic nitrogens is 5. The highest BCUT2D eigenvalue weighted by molar-refractivity contribution is 6.03. The van der Waals surface area contributed by atoms with Crippen molar-refractivity contribution in [1.82, 2.24) is 30.0 Å². The van der Waals surface area contributed by atoms with E-state index in [1.165, 1.54) is 0 Å². The summed E-state index contributed by atoms with van der Waals surface area (Å²) < 4.78 is 2.07. The van der Waals surface area contributed by atoms with Crippen molar-refractivity contribution >= 4 is 34.1 Å². The minimum atomic E-state index is -0.801. The van der Waals surface area contributed by atoms with E-state index in [0.29, 0.717) is 23.1 Å². The molecule has 8 aromatic rings. The van der Waals surface area contributed by atoms with Gasteiger partial charge in [-0.05, 0) is 46.5 Å². The Labute approximate surface area is 288 Å². The number of benzene rings is 5. The fourth-order valence-electron chi connectivity index (χ4n) is 6.86. The van der Waals surface area contributed by atoms with E-state index in [1.54, 1.807) is 24.5 Å². The number of pyridine rings is 1. The summed E-state index contributed by atoms with van der Waals surface area (Å²) in [7, 11) is 0. The van der Waals surface area contributed by atoms with Crippen LogP contribution in [0.1, 0.15) is 38.9 Å². The second-order valence-electron chi connectivity index (χ2n) is 12.2. The van der Waals surface area contributed by atoms with Crippen LogP contribution in [0.3, 0.4) is 0 Å². The van der Waals surface area contributed by atoms with E-state index in [4.69, 9.17) is 5.10 Å². The number of H-pyrrole nitrogens is 1. The predicted molar refractivity (Wildman–Crippen MR) is 195 cm³/mol. The molecule has 0 spiro atoms. The molecular weight excluding hydrogens is 621 g/mol. The quantitative estimate of drug-likeness (QED) is 0.117. The average molecular weight is 653 g/mol. The summed E-state index contributed by atoms with van der Waals surface area (Å²) >= 11 is 0. The molecule has 0 bridgehead atoms. The van der Waals surface area contributed by atoms with Crippen LogP contribution in [0.4, 0.5) is 0 Å². The van der Waals surface area contributed by atoms with Crippen molar-refractivity contribution in [3.05, 3.63) is 186 Å². The van der Waals surface area contributed by atoms with Gasteiger partial charge in [-0.1, -0.05) is 121 Å². The molecule has 8 heteroatoms. The van der Waals surface area contributed by atoms with Crippen molar-refractivity contribution < 1.29 is 9.59 Å². The maximum atomic E-state index is 13.4. The van der Waals surface area contributed by atoms with Crippen LogP contribution in [0, 0.1) is 0 Å². The zero-order valence-corrected chi connectivity index (χ0v) is 27.0. The van der Waals surface area contributed by atoms with E-state index in [9.17, 15) is 9.59 Å². The largest absolute Gasteiger partial charge is 0.336 e. The first-order valence-corrected chi connectivity index (χ1v) is 16.4. The molecule has 0 aliphatic carbocycles. The van der Waals surface area contributed by atoms with Gasteiger partial charge in [0.05, 0.1) is 28.5 Å². The third-order valence-corrected chi connectivity index (χ3v) is 9.29. The summed E-state index contributed by atoms with van der Waals surface area (Å²) in [5.74, 6) is -0.356. The number of imidazole rings is 1. The second kappa shape index (κ2) is 13.1. The Kier molecular flexibility index (Phi) is 8.02. The zero-order chi connectivity index (χ0) is 33.9. The molecule has 2 N–H and O–H groups in total. The van der Waals surface area contributed by atoms with Crippen LogP contribution in [0.2, 0.25) is 0 Å². The van der Waals surface area contributed by atoms with E-state index in [1.807, 2.05) is 60.7 Å². The van der Waals surface area contributed by atoms with Gasteiger partial charge in [0.1, 0.15) is 18.0 Å². The van der Waals surface area contributed by atoms with Gasteiger partial charge >= 0.3 is 0 Å². The number of aromatic amines is 1. The van der Waals surface area contributed by atoms with Gasteiger partial charge in [0.2, 0.25) is 0 Å². The van der Waals surface area contributed by atoms with Gasteiger partial charge in [-0.15, -0.1) is 0 Å². The number of amides is 1. The smallest absolute Gasteiger partial charge is 0.287 e. The van der Waals surface area contributed by atoms with Crippen molar-refractivity contribution in [3.63, 3.8) is 0 Å². The lowest BCUT2D eigenvalue weighted by molar-refractivity contribution is -0.109. The van der Waals surface area contributed by atoms with Crippen LogP contribution >= 0.6 is 0 Å². The molecule has 8 nitrogen and oxygen atoms in total. The molecule has 0 unspecified atom stereocenters. The molecule has 242 valence electrons. The normalized spacial score (nSPS) is 12.2. The maximum Gasteiger partial charge on any atom is 0.287 e. The standard InChI is InChI=1S/C42H32N6O2/c49-27-37(29-13-5-1-6-14-29)46-41(50)40-44-35-25-34-38(26-36(35)45-40)48(47-39(34)30-21-23-43-24-22-30)28-42(31-15-7-2-8-16-31,32-17-9-3-10-18-32)33-19-11-4-12-20-33/h1-27,37H,28H2,(H,44,45)(H,46,50)/t37-/m1/s1. The molecule has 50 heavy (non-hydrogen) atoms.